The van der Waals surface area contributed by atoms with E-state index in [0.717, 1.165) is 111 Å². The lowest BCUT2D eigenvalue weighted by Gasteiger charge is -2.12. The van der Waals surface area contributed by atoms with E-state index in [-0.39, 0.29) is 0 Å². The van der Waals surface area contributed by atoms with Gasteiger partial charge >= 0.3 is 0 Å². The summed E-state index contributed by atoms with van der Waals surface area (Å²) < 4.78 is 10.8. The molecule has 0 spiro atoms. The van der Waals surface area contributed by atoms with Gasteiger partial charge in [0.05, 0.1) is 39.1 Å². The van der Waals surface area contributed by atoms with Crippen molar-refractivity contribution in [2.75, 3.05) is 0 Å². The fourth-order valence-corrected chi connectivity index (χ4v) is 9.31. The minimum absolute atomic E-state index is 0.675. The molecular weight excluding hydrogens is 773 g/mol. The standard InChI is InChI=1S/C56H34N6O/c1-3-12-35(13-4-1)48-33-55(60-56(59-48)36-14-5-2-6-15-36)62-50-21-10-7-16-40(50)42-25-22-38(31-52(42)62)47-19-11-18-46(58-47)37-23-26-51-43(30-37)41-17-8-9-20-49(41)61(51)39-24-27-53-44(32-39)45-34-57-29-28-54(45)63-53/h1-34H. The van der Waals surface area contributed by atoms with Gasteiger partial charge in [-0.1, -0.05) is 121 Å². The lowest BCUT2D eigenvalue weighted by atomic mass is 10.0. The number of benzene rings is 7. The highest BCUT2D eigenvalue weighted by molar-refractivity contribution is 6.12. The lowest BCUT2D eigenvalue weighted by molar-refractivity contribution is 0.668. The second kappa shape index (κ2) is 13.9. The molecule has 6 heterocycles. The molecular formula is C56H34N6O. The largest absolute Gasteiger partial charge is 0.456 e. The van der Waals surface area contributed by atoms with Gasteiger partial charge in [0, 0.05) is 78.7 Å². The number of fused-ring (bicyclic) bond motifs is 9. The van der Waals surface area contributed by atoms with Crippen LogP contribution in [0.5, 0.6) is 0 Å². The van der Waals surface area contributed by atoms with Crippen molar-refractivity contribution in [1.29, 1.82) is 0 Å². The van der Waals surface area contributed by atoms with E-state index >= 15 is 0 Å². The summed E-state index contributed by atoms with van der Waals surface area (Å²) >= 11 is 0. The summed E-state index contributed by atoms with van der Waals surface area (Å²) in [6.45, 7) is 0. The molecule has 63 heavy (non-hydrogen) atoms. The molecule has 0 aliphatic heterocycles. The predicted octanol–water partition coefficient (Wildman–Crippen LogP) is 14.0. The fraction of sp³-hybridized carbons (Fsp3) is 0. The zero-order valence-electron chi connectivity index (χ0n) is 33.7. The maximum atomic E-state index is 6.14. The van der Waals surface area contributed by atoms with Crippen molar-refractivity contribution >= 4 is 65.6 Å². The van der Waals surface area contributed by atoms with E-state index in [1.54, 1.807) is 6.20 Å². The molecule has 0 radical (unpaired) electrons. The monoisotopic (exact) mass is 806 g/mol. The molecule has 0 N–H and O–H groups in total. The third-order valence-electron chi connectivity index (χ3n) is 12.2. The van der Waals surface area contributed by atoms with E-state index in [4.69, 9.17) is 19.4 Å². The first-order chi connectivity index (χ1) is 31.2. The third kappa shape index (κ3) is 5.67. The number of hydrogen-bond acceptors (Lipinski definition) is 5. The maximum Gasteiger partial charge on any atom is 0.162 e. The van der Waals surface area contributed by atoms with E-state index in [2.05, 4.69) is 166 Å². The molecule has 0 fully saturated rings. The van der Waals surface area contributed by atoms with Crippen LogP contribution < -0.4 is 0 Å². The van der Waals surface area contributed by atoms with E-state index in [1.807, 2.05) is 48.7 Å². The Kier molecular flexibility index (Phi) is 7.77. The van der Waals surface area contributed by atoms with Crippen molar-refractivity contribution in [3.05, 3.63) is 207 Å². The number of pyridine rings is 2. The highest BCUT2D eigenvalue weighted by Crippen LogP contribution is 2.39. The lowest BCUT2D eigenvalue weighted by Crippen LogP contribution is -2.02. The Labute approximate surface area is 360 Å². The molecule has 0 amide bonds. The van der Waals surface area contributed by atoms with Gasteiger partial charge in [-0.05, 0) is 66.7 Å². The predicted molar refractivity (Wildman–Crippen MR) is 255 cm³/mol. The molecule has 0 saturated carbocycles. The minimum atomic E-state index is 0.675. The van der Waals surface area contributed by atoms with Gasteiger partial charge in [-0.15, -0.1) is 0 Å². The number of hydrogen-bond donors (Lipinski definition) is 0. The van der Waals surface area contributed by atoms with Gasteiger partial charge < -0.3 is 8.98 Å². The summed E-state index contributed by atoms with van der Waals surface area (Å²) in [5.74, 6) is 1.48. The van der Waals surface area contributed by atoms with Gasteiger partial charge in [-0.25, -0.2) is 15.0 Å². The van der Waals surface area contributed by atoms with Gasteiger partial charge in [0.25, 0.3) is 0 Å². The Bertz CT molecular complexity index is 3860. The molecule has 0 atom stereocenters. The second-order valence-electron chi connectivity index (χ2n) is 15.9. The van der Waals surface area contributed by atoms with Crippen LogP contribution in [0, 0.1) is 0 Å². The summed E-state index contributed by atoms with van der Waals surface area (Å²) in [6.07, 6.45) is 3.65. The maximum absolute atomic E-state index is 6.14. The quantitative estimate of drug-likeness (QED) is 0.167. The first-order valence-electron chi connectivity index (χ1n) is 21.0. The molecule has 0 bridgehead atoms. The van der Waals surface area contributed by atoms with Gasteiger partial charge in [0.1, 0.15) is 17.0 Å². The van der Waals surface area contributed by atoms with Crippen molar-refractivity contribution < 1.29 is 4.42 Å². The number of furan rings is 1. The molecule has 13 aromatic rings. The summed E-state index contributed by atoms with van der Waals surface area (Å²) in [7, 11) is 0. The zero-order valence-corrected chi connectivity index (χ0v) is 33.7. The van der Waals surface area contributed by atoms with E-state index < -0.39 is 0 Å². The normalized spacial score (nSPS) is 11.8. The zero-order chi connectivity index (χ0) is 41.4. The molecule has 7 heteroatoms. The number of rotatable bonds is 6. The Morgan fingerprint density at radius 2 is 1.00 bits per heavy atom. The Morgan fingerprint density at radius 1 is 0.349 bits per heavy atom. The van der Waals surface area contributed by atoms with Crippen molar-refractivity contribution in [2.45, 2.75) is 0 Å². The van der Waals surface area contributed by atoms with Gasteiger partial charge in [0.15, 0.2) is 5.82 Å². The number of para-hydroxylation sites is 2. The van der Waals surface area contributed by atoms with Crippen molar-refractivity contribution in [3.8, 4) is 56.7 Å². The molecule has 6 aromatic heterocycles. The number of nitrogens with zero attached hydrogens (tertiary/aromatic N) is 6. The third-order valence-corrected chi connectivity index (χ3v) is 12.2. The number of aromatic nitrogens is 6. The van der Waals surface area contributed by atoms with Gasteiger partial charge in [0.2, 0.25) is 0 Å². The Balaban J connectivity index is 0.942. The summed E-state index contributed by atoms with van der Waals surface area (Å²) in [5, 5.41) is 6.69. The van der Waals surface area contributed by atoms with Crippen molar-refractivity contribution in [3.63, 3.8) is 0 Å². The molecule has 0 saturated heterocycles. The van der Waals surface area contributed by atoms with Crippen LogP contribution >= 0.6 is 0 Å². The fourth-order valence-electron chi connectivity index (χ4n) is 9.31. The van der Waals surface area contributed by atoms with Crippen LogP contribution in [0.2, 0.25) is 0 Å². The van der Waals surface area contributed by atoms with Crippen LogP contribution in [0.3, 0.4) is 0 Å². The van der Waals surface area contributed by atoms with E-state index in [1.165, 1.54) is 5.39 Å². The molecule has 13 rings (SSSR count). The van der Waals surface area contributed by atoms with Crippen LogP contribution in [0.1, 0.15) is 0 Å². The molecule has 294 valence electrons. The molecule has 7 nitrogen and oxygen atoms in total. The van der Waals surface area contributed by atoms with E-state index in [9.17, 15) is 0 Å². The first-order valence-corrected chi connectivity index (χ1v) is 21.0. The van der Waals surface area contributed by atoms with Crippen LogP contribution in [-0.4, -0.2) is 29.1 Å². The molecule has 0 aliphatic carbocycles. The smallest absolute Gasteiger partial charge is 0.162 e. The average molecular weight is 807 g/mol. The second-order valence-corrected chi connectivity index (χ2v) is 15.9. The van der Waals surface area contributed by atoms with Crippen LogP contribution in [-0.2, 0) is 0 Å². The van der Waals surface area contributed by atoms with Crippen LogP contribution in [0.4, 0.5) is 0 Å². The summed E-state index contributed by atoms with van der Waals surface area (Å²) in [5.41, 5.74) is 13.8. The van der Waals surface area contributed by atoms with Gasteiger partial charge in [-0.2, -0.15) is 0 Å². The molecule has 7 aromatic carbocycles. The first kappa shape index (κ1) is 35.1. The highest BCUT2D eigenvalue weighted by Gasteiger charge is 2.19. The van der Waals surface area contributed by atoms with Crippen molar-refractivity contribution in [2.24, 2.45) is 0 Å². The van der Waals surface area contributed by atoms with Crippen LogP contribution in [0.25, 0.3) is 122 Å². The Morgan fingerprint density at radius 3 is 1.81 bits per heavy atom. The minimum Gasteiger partial charge on any atom is -0.456 e. The van der Waals surface area contributed by atoms with E-state index in [0.29, 0.717) is 5.82 Å². The highest BCUT2D eigenvalue weighted by atomic mass is 16.3. The van der Waals surface area contributed by atoms with Crippen LogP contribution in [0.15, 0.2) is 211 Å². The average Bonchev–Trinajstić information content (AvgIpc) is 4.01. The SMILES string of the molecule is c1ccc(-c2cc(-n3c4ccccc4c4ccc(-c5cccc(-c6ccc7c(c6)c6ccccc6n7-c6ccc7oc8ccncc8c7c6)n5)cc43)nc(-c3ccccc3)n2)cc1. The summed E-state index contributed by atoms with van der Waals surface area (Å²) in [6, 6.07) is 67.7. The van der Waals surface area contributed by atoms with Crippen molar-refractivity contribution in [1.82, 2.24) is 29.1 Å². The molecule has 0 aliphatic rings. The van der Waals surface area contributed by atoms with Gasteiger partial charge in [-0.3, -0.25) is 9.55 Å². The Hall–Kier alpha value is -8.68. The topological polar surface area (TPSA) is 74.6 Å². The summed E-state index contributed by atoms with van der Waals surface area (Å²) in [4.78, 5) is 20.0. The molecule has 0 unspecified atom stereocenters.